The molecule has 2 aromatic rings. The maximum atomic E-state index is 12.1. The van der Waals surface area contributed by atoms with Crippen molar-refractivity contribution in [2.45, 2.75) is 38.5 Å². The zero-order valence-corrected chi connectivity index (χ0v) is 15.6. The number of carbonyl (C=O) groups excluding carboxylic acids is 1. The first-order valence-electron chi connectivity index (χ1n) is 8.79. The third kappa shape index (κ3) is 4.74. The van der Waals surface area contributed by atoms with Crippen LogP contribution in [0.15, 0.2) is 42.7 Å². The van der Waals surface area contributed by atoms with Gasteiger partial charge in [0, 0.05) is 35.1 Å². The van der Waals surface area contributed by atoms with E-state index in [2.05, 4.69) is 9.88 Å². The first-order valence-corrected chi connectivity index (χ1v) is 9.17. The summed E-state index contributed by atoms with van der Waals surface area (Å²) < 4.78 is 11.0. The lowest BCUT2D eigenvalue weighted by Crippen LogP contribution is -2.44. The molecule has 5 nitrogen and oxygen atoms in total. The predicted octanol–water partition coefficient (Wildman–Crippen LogP) is 3.84. The highest BCUT2D eigenvalue weighted by molar-refractivity contribution is 6.30. The molecule has 3 rings (SSSR count). The van der Waals surface area contributed by atoms with E-state index in [1.54, 1.807) is 12.4 Å². The summed E-state index contributed by atoms with van der Waals surface area (Å²) in [7, 11) is 1.44. The first-order chi connectivity index (χ1) is 12.7. The van der Waals surface area contributed by atoms with E-state index < -0.39 is 0 Å². The molecule has 1 saturated heterocycles. The maximum Gasteiger partial charge on any atom is 0.323 e. The Morgan fingerprint density at radius 1 is 1.35 bits per heavy atom. The molecule has 0 saturated carbocycles. The quantitative estimate of drug-likeness (QED) is 0.719. The van der Waals surface area contributed by atoms with Gasteiger partial charge in [0.15, 0.2) is 0 Å². The van der Waals surface area contributed by atoms with Crippen molar-refractivity contribution in [2.24, 2.45) is 0 Å². The SMILES string of the molecule is COC(=O)C1CCCCN1Cc1cc(Cl)ccc1OCc1cccnc1. The van der Waals surface area contributed by atoms with Crippen molar-refractivity contribution in [3.8, 4) is 5.75 Å². The Hall–Kier alpha value is -2.11. The molecular formula is C20H23ClN2O3. The molecule has 26 heavy (non-hydrogen) atoms. The van der Waals surface area contributed by atoms with Crippen LogP contribution in [-0.4, -0.2) is 35.5 Å². The fourth-order valence-electron chi connectivity index (χ4n) is 3.26. The molecule has 138 valence electrons. The van der Waals surface area contributed by atoms with Gasteiger partial charge in [-0.3, -0.25) is 14.7 Å². The van der Waals surface area contributed by atoms with Crippen LogP contribution in [0.3, 0.4) is 0 Å². The predicted molar refractivity (Wildman–Crippen MR) is 100 cm³/mol. The van der Waals surface area contributed by atoms with Crippen molar-refractivity contribution in [1.82, 2.24) is 9.88 Å². The van der Waals surface area contributed by atoms with Gasteiger partial charge in [-0.15, -0.1) is 0 Å². The molecule has 1 aliphatic heterocycles. The number of hydrogen-bond acceptors (Lipinski definition) is 5. The number of benzene rings is 1. The van der Waals surface area contributed by atoms with Gasteiger partial charge in [-0.2, -0.15) is 0 Å². The van der Waals surface area contributed by atoms with Crippen LogP contribution in [-0.2, 0) is 22.7 Å². The average molecular weight is 375 g/mol. The number of nitrogens with zero attached hydrogens (tertiary/aromatic N) is 2. The van der Waals surface area contributed by atoms with Crippen LogP contribution in [0, 0.1) is 0 Å². The minimum Gasteiger partial charge on any atom is -0.489 e. The third-order valence-electron chi connectivity index (χ3n) is 4.60. The summed E-state index contributed by atoms with van der Waals surface area (Å²) in [5.41, 5.74) is 1.97. The summed E-state index contributed by atoms with van der Waals surface area (Å²) in [5, 5.41) is 0.653. The molecule has 0 bridgehead atoms. The Labute approximate surface area is 158 Å². The normalized spacial score (nSPS) is 17.7. The Kier molecular flexibility index (Phi) is 6.47. The number of rotatable bonds is 6. The number of methoxy groups -OCH3 is 1. The Morgan fingerprint density at radius 3 is 3.00 bits per heavy atom. The molecule has 0 radical (unpaired) electrons. The first kappa shape index (κ1) is 18.7. The molecule has 0 spiro atoms. The fraction of sp³-hybridized carbons (Fsp3) is 0.400. The van der Waals surface area contributed by atoms with E-state index >= 15 is 0 Å². The topological polar surface area (TPSA) is 51.7 Å². The lowest BCUT2D eigenvalue weighted by atomic mass is 10.0. The van der Waals surface area contributed by atoms with E-state index in [9.17, 15) is 4.79 Å². The summed E-state index contributed by atoms with van der Waals surface area (Å²) in [6, 6.07) is 9.25. The molecule has 1 fully saturated rings. The molecule has 1 aliphatic rings. The van der Waals surface area contributed by atoms with E-state index in [-0.39, 0.29) is 12.0 Å². The summed E-state index contributed by atoms with van der Waals surface area (Å²) in [6.07, 6.45) is 6.45. The molecule has 0 N–H and O–H groups in total. The summed E-state index contributed by atoms with van der Waals surface area (Å²) in [6.45, 7) is 1.89. The number of halogens is 1. The van der Waals surface area contributed by atoms with E-state index in [1.165, 1.54) is 7.11 Å². The van der Waals surface area contributed by atoms with E-state index in [0.29, 0.717) is 18.2 Å². The van der Waals surface area contributed by atoms with Gasteiger partial charge < -0.3 is 9.47 Å². The second-order valence-corrected chi connectivity index (χ2v) is 6.84. The maximum absolute atomic E-state index is 12.1. The van der Waals surface area contributed by atoms with Crippen LogP contribution in [0.1, 0.15) is 30.4 Å². The Bertz CT molecular complexity index is 739. The molecule has 2 heterocycles. The van der Waals surface area contributed by atoms with Crippen LogP contribution in [0.4, 0.5) is 0 Å². The summed E-state index contributed by atoms with van der Waals surface area (Å²) >= 11 is 6.20. The monoisotopic (exact) mass is 374 g/mol. The van der Waals surface area contributed by atoms with Gasteiger partial charge in [-0.05, 0) is 43.7 Å². The average Bonchev–Trinajstić information content (AvgIpc) is 2.68. The summed E-state index contributed by atoms with van der Waals surface area (Å²) in [5.74, 6) is 0.594. The van der Waals surface area contributed by atoms with Crippen molar-refractivity contribution in [2.75, 3.05) is 13.7 Å². The highest BCUT2D eigenvalue weighted by atomic mass is 35.5. The van der Waals surface area contributed by atoms with Crippen molar-refractivity contribution >= 4 is 17.6 Å². The van der Waals surface area contributed by atoms with Crippen LogP contribution < -0.4 is 4.74 Å². The number of ether oxygens (including phenoxy) is 2. The summed E-state index contributed by atoms with van der Waals surface area (Å²) in [4.78, 5) is 18.4. The largest absolute Gasteiger partial charge is 0.489 e. The zero-order valence-electron chi connectivity index (χ0n) is 14.9. The van der Waals surface area contributed by atoms with Gasteiger partial charge in [-0.25, -0.2) is 0 Å². The van der Waals surface area contributed by atoms with Crippen molar-refractivity contribution < 1.29 is 14.3 Å². The number of piperidine rings is 1. The van der Waals surface area contributed by atoms with Crippen LogP contribution in [0.25, 0.3) is 0 Å². The zero-order chi connectivity index (χ0) is 18.4. The van der Waals surface area contributed by atoms with Gasteiger partial charge in [0.2, 0.25) is 0 Å². The second kappa shape index (κ2) is 9.01. The fourth-order valence-corrected chi connectivity index (χ4v) is 3.45. The number of esters is 1. The van der Waals surface area contributed by atoms with Gasteiger partial charge in [0.1, 0.15) is 18.4 Å². The smallest absolute Gasteiger partial charge is 0.323 e. The standard InChI is InChI=1S/C20H23ClN2O3/c1-25-20(24)18-6-2-3-10-23(18)13-16-11-17(21)7-8-19(16)26-14-15-5-4-9-22-12-15/h4-5,7-9,11-12,18H,2-3,6,10,13-14H2,1H3. The van der Waals surface area contributed by atoms with Crippen LogP contribution in [0.5, 0.6) is 5.75 Å². The van der Waals surface area contributed by atoms with Crippen LogP contribution in [0.2, 0.25) is 5.02 Å². The minimum atomic E-state index is -0.209. The molecular weight excluding hydrogens is 352 g/mol. The van der Waals surface area contributed by atoms with E-state index in [4.69, 9.17) is 21.1 Å². The molecule has 0 aliphatic carbocycles. The molecule has 6 heteroatoms. The highest BCUT2D eigenvalue weighted by Crippen LogP contribution is 2.28. The lowest BCUT2D eigenvalue weighted by Gasteiger charge is -2.34. The second-order valence-electron chi connectivity index (χ2n) is 6.41. The Balaban J connectivity index is 1.75. The molecule has 1 aromatic heterocycles. The number of hydrogen-bond donors (Lipinski definition) is 0. The van der Waals surface area contributed by atoms with Crippen molar-refractivity contribution in [3.63, 3.8) is 0 Å². The third-order valence-corrected chi connectivity index (χ3v) is 4.84. The minimum absolute atomic E-state index is 0.176. The molecule has 1 aromatic carbocycles. The van der Waals surface area contributed by atoms with Gasteiger partial charge in [0.25, 0.3) is 0 Å². The molecule has 0 amide bonds. The van der Waals surface area contributed by atoms with Gasteiger partial charge in [-0.1, -0.05) is 24.1 Å². The Morgan fingerprint density at radius 2 is 2.23 bits per heavy atom. The number of aromatic nitrogens is 1. The molecule has 1 unspecified atom stereocenters. The number of likely N-dealkylation sites (tertiary alicyclic amines) is 1. The van der Waals surface area contributed by atoms with Gasteiger partial charge >= 0.3 is 5.97 Å². The van der Waals surface area contributed by atoms with Crippen molar-refractivity contribution in [1.29, 1.82) is 0 Å². The lowest BCUT2D eigenvalue weighted by molar-refractivity contribution is -0.148. The van der Waals surface area contributed by atoms with Crippen molar-refractivity contribution in [3.05, 3.63) is 58.9 Å². The van der Waals surface area contributed by atoms with E-state index in [0.717, 1.165) is 42.7 Å². The van der Waals surface area contributed by atoms with E-state index in [1.807, 2.05) is 30.3 Å². The van der Waals surface area contributed by atoms with Crippen LogP contribution >= 0.6 is 11.6 Å². The highest BCUT2D eigenvalue weighted by Gasteiger charge is 2.30. The number of pyridine rings is 1. The number of carbonyl (C=O) groups is 1. The molecule has 1 atom stereocenters. The van der Waals surface area contributed by atoms with Gasteiger partial charge in [0.05, 0.1) is 7.11 Å².